The van der Waals surface area contributed by atoms with Crippen LogP contribution in [0.2, 0.25) is 0 Å². The minimum atomic E-state index is -0.112. The van der Waals surface area contributed by atoms with E-state index in [1.54, 1.807) is 23.5 Å². The van der Waals surface area contributed by atoms with Gasteiger partial charge in [0.05, 0.1) is 258 Å². The maximum absolute atomic E-state index is 5.91. The Morgan fingerprint density at radius 2 is 0.598 bits per heavy atom. The van der Waals surface area contributed by atoms with Gasteiger partial charge in [0.25, 0.3) is 0 Å². The van der Waals surface area contributed by atoms with Gasteiger partial charge in [0.1, 0.15) is 44.1 Å². The number of hydrogen-bond acceptors (Lipinski definition) is 28. The number of fused-ring (bicyclic) bond motifs is 2. The monoisotopic (exact) mass is 1630 g/mol. The Labute approximate surface area is 679 Å². The molecule has 3 fully saturated rings. The summed E-state index contributed by atoms with van der Waals surface area (Å²) < 4.78 is 139. The van der Waals surface area contributed by atoms with E-state index in [0.717, 1.165) is 62.7 Å². The lowest BCUT2D eigenvalue weighted by Crippen LogP contribution is -2.29. The first-order valence-electron chi connectivity index (χ1n) is 39.7. The molecule has 3 atom stereocenters. The molecule has 632 valence electrons. The molecule has 10 rings (SSSR count). The first-order chi connectivity index (χ1) is 55.6. The van der Waals surface area contributed by atoms with Crippen LogP contribution in [0.5, 0.6) is 23.0 Å². The molecule has 0 N–H and O–H groups in total. The second-order valence-corrected chi connectivity index (χ2v) is 28.4. The first-order valence-corrected chi connectivity index (χ1v) is 42.7. The van der Waals surface area contributed by atoms with E-state index in [-0.39, 0.29) is 17.6 Å². The molecule has 28 heteroatoms. The topological polar surface area (TPSA) is 231 Å². The van der Waals surface area contributed by atoms with Crippen molar-refractivity contribution in [3.8, 4) is 23.0 Å². The Morgan fingerprint density at radius 1 is 0.286 bits per heavy atom. The van der Waals surface area contributed by atoms with E-state index >= 15 is 0 Å². The molecule has 3 unspecified atom stereocenters. The van der Waals surface area contributed by atoms with Crippen LogP contribution in [0.3, 0.4) is 0 Å². The molecule has 0 bridgehead atoms. The highest BCUT2D eigenvalue weighted by Crippen LogP contribution is 2.35. The molecule has 0 aliphatic carbocycles. The highest BCUT2D eigenvalue weighted by atomic mass is 32.2. The maximum Gasteiger partial charge on any atom is 0.162 e. The van der Waals surface area contributed by atoms with Crippen LogP contribution in [-0.4, -0.2) is 300 Å². The van der Waals surface area contributed by atoms with E-state index in [4.69, 9.17) is 118 Å². The van der Waals surface area contributed by atoms with Crippen LogP contribution in [-0.2, 0) is 118 Å². The van der Waals surface area contributed by atoms with Crippen molar-refractivity contribution in [2.75, 3.05) is 282 Å². The molecule has 0 radical (unpaired) electrons. The van der Waals surface area contributed by atoms with Crippen LogP contribution >= 0.6 is 35.3 Å². The quantitative estimate of drug-likeness (QED) is 0.0586. The molecule has 0 spiro atoms. The summed E-state index contributed by atoms with van der Waals surface area (Å²) in [5.74, 6) is 6.13. The van der Waals surface area contributed by atoms with Gasteiger partial charge in [0.15, 0.2) is 23.0 Å². The van der Waals surface area contributed by atoms with Crippen molar-refractivity contribution in [2.24, 2.45) is 0 Å². The second-order valence-electron chi connectivity index (χ2n) is 24.9. The molecule has 25 nitrogen and oxygen atoms in total. The molecule has 5 aromatic carbocycles. The molecule has 5 aromatic rings. The van der Waals surface area contributed by atoms with Crippen molar-refractivity contribution in [1.29, 1.82) is 0 Å². The van der Waals surface area contributed by atoms with Crippen molar-refractivity contribution < 1.29 is 118 Å². The van der Waals surface area contributed by atoms with Crippen LogP contribution < -0.4 is 18.9 Å². The van der Waals surface area contributed by atoms with Crippen LogP contribution in [0.4, 0.5) is 0 Å². The fraction of sp³-hybridized carbons (Fsp3) is 0.643. The standard InChI is InChI=1S/C21H26O5S.C18H28O6.C18H28O5S.C16H24O5.C11H22O4S/c1-2-4-18(5-3-1)17-27-19-6-7-20-21(16-19)26-15-13-24-11-9-22-8-10-23-12-14-25-20;1-2-4-17(5-3-1)14-23-16-18-15-22-11-10-20-7-6-19-8-9-21-12-13-24-18;1-2-3-14-24-16-4-5-17-18(15-16)23-13-11-21-9-7-19-6-8-20-10-12-22-17;1-2-4-15(5-3-1)12-20-14-16-13-19-9-8-17-6-7-18-10-11-21-16;1-2-9-16-11-10-14-6-5-12-3-4-13-7-8-15-11/h1-7,16H,8-15,17H2;1-5,18H,6-16H2;4-5,15H,2-3,6-14H2,1H3;1-5,16H,6-14H2;11H,2-10H2,1H3. The van der Waals surface area contributed by atoms with Gasteiger partial charge in [-0.15, -0.1) is 35.3 Å². The van der Waals surface area contributed by atoms with Gasteiger partial charge in [0, 0.05) is 15.5 Å². The van der Waals surface area contributed by atoms with Crippen molar-refractivity contribution >= 4 is 35.3 Å². The van der Waals surface area contributed by atoms with E-state index in [2.05, 4.69) is 56.3 Å². The minimum absolute atomic E-state index is 0.0725. The van der Waals surface area contributed by atoms with E-state index < -0.39 is 0 Å². The van der Waals surface area contributed by atoms with Crippen LogP contribution in [0.15, 0.2) is 137 Å². The first kappa shape index (κ1) is 96.3. The highest BCUT2D eigenvalue weighted by Gasteiger charge is 2.16. The summed E-state index contributed by atoms with van der Waals surface area (Å²) in [7, 11) is 0. The van der Waals surface area contributed by atoms with Crippen molar-refractivity contribution in [3.05, 3.63) is 144 Å². The van der Waals surface area contributed by atoms with Gasteiger partial charge in [-0.2, -0.15) is 0 Å². The molecule has 112 heavy (non-hydrogen) atoms. The zero-order valence-electron chi connectivity index (χ0n) is 66.4. The average molecular weight is 1630 g/mol. The predicted octanol–water partition coefficient (Wildman–Crippen LogP) is 12.1. The third-order valence-corrected chi connectivity index (χ3v) is 19.2. The third kappa shape index (κ3) is 52.3. The lowest BCUT2D eigenvalue weighted by atomic mass is 10.2. The van der Waals surface area contributed by atoms with Crippen LogP contribution in [0, 0.1) is 0 Å². The van der Waals surface area contributed by atoms with Gasteiger partial charge >= 0.3 is 0 Å². The summed E-state index contributed by atoms with van der Waals surface area (Å²) in [5.41, 5.74) is 3.72. The molecule has 5 aliphatic rings. The summed E-state index contributed by atoms with van der Waals surface area (Å²) >= 11 is 5.43. The van der Waals surface area contributed by atoms with Gasteiger partial charge in [-0.25, -0.2) is 0 Å². The third-order valence-electron chi connectivity index (χ3n) is 15.8. The van der Waals surface area contributed by atoms with Gasteiger partial charge < -0.3 is 118 Å². The summed E-state index contributed by atoms with van der Waals surface area (Å²) in [4.78, 5) is 2.35. The predicted molar refractivity (Wildman–Crippen MR) is 434 cm³/mol. The normalized spacial score (nSPS) is 20.5. The van der Waals surface area contributed by atoms with Crippen molar-refractivity contribution in [2.45, 2.75) is 79.5 Å². The molecular weight excluding hydrogens is 1510 g/mol. The second kappa shape index (κ2) is 70.7. The van der Waals surface area contributed by atoms with Gasteiger partial charge in [-0.1, -0.05) is 111 Å². The Kier molecular flexibility index (Phi) is 60.8. The average Bonchev–Trinajstić information content (AvgIpc) is 0.896. The van der Waals surface area contributed by atoms with E-state index in [1.165, 1.54) is 23.3 Å². The van der Waals surface area contributed by atoms with E-state index in [9.17, 15) is 0 Å². The zero-order valence-corrected chi connectivity index (χ0v) is 68.9. The minimum Gasteiger partial charge on any atom is -0.487 e. The largest absolute Gasteiger partial charge is 0.487 e. The summed E-state index contributed by atoms with van der Waals surface area (Å²) in [5, 5.41) is 0. The molecule has 5 aliphatic heterocycles. The lowest BCUT2D eigenvalue weighted by Gasteiger charge is -2.19. The summed E-state index contributed by atoms with van der Waals surface area (Å²) in [6, 6.07) is 42.8. The summed E-state index contributed by atoms with van der Waals surface area (Å²) in [6.07, 6.45) is 3.39. The molecule has 0 saturated carbocycles. The summed E-state index contributed by atoms with van der Waals surface area (Å²) in [6.45, 7) is 28.4. The Balaban J connectivity index is 0.000000220. The van der Waals surface area contributed by atoms with Crippen molar-refractivity contribution in [1.82, 2.24) is 0 Å². The maximum atomic E-state index is 5.91. The SMILES string of the molecule is CCCCSc1ccc2c(c1)OCCOCCOCCOCCO2.CCCSC1COCCOCCOCCO1.c1ccc(COCC2COCCOCCOCCO2)cc1.c1ccc(COCC2COCCOCCOCCOCCO2)cc1.c1ccc(CSc2ccc3c(c2)OCCOCCOCCOCCO3)cc1. The number of ether oxygens (including phenoxy) is 25. The molecule has 3 saturated heterocycles. The van der Waals surface area contributed by atoms with Crippen molar-refractivity contribution in [3.63, 3.8) is 0 Å². The smallest absolute Gasteiger partial charge is 0.162 e. The van der Waals surface area contributed by atoms with Gasteiger partial charge in [-0.3, -0.25) is 0 Å². The zero-order chi connectivity index (χ0) is 78.2. The number of rotatable bonds is 18. The Hall–Kier alpha value is -4.49. The number of benzene rings is 5. The molecule has 0 aromatic heterocycles. The van der Waals surface area contributed by atoms with Gasteiger partial charge in [0.2, 0.25) is 0 Å². The molecule has 5 heterocycles. The molecule has 0 amide bonds. The van der Waals surface area contributed by atoms with E-state index in [1.807, 2.05) is 96.7 Å². The fourth-order valence-corrected chi connectivity index (χ4v) is 12.8. The number of hydrogen-bond donors (Lipinski definition) is 0. The number of unbranched alkanes of at least 4 members (excludes halogenated alkanes) is 1. The number of thioether (sulfide) groups is 3. The Bertz CT molecular complexity index is 2850. The van der Waals surface area contributed by atoms with E-state index in [0.29, 0.717) is 284 Å². The van der Waals surface area contributed by atoms with Crippen LogP contribution in [0.1, 0.15) is 49.8 Å². The van der Waals surface area contributed by atoms with Gasteiger partial charge in [-0.05, 0) is 77.4 Å². The fourth-order valence-electron chi connectivity index (χ4n) is 10.0. The lowest BCUT2D eigenvalue weighted by molar-refractivity contribution is -0.0921. The van der Waals surface area contributed by atoms with Crippen LogP contribution in [0.25, 0.3) is 0 Å². The highest BCUT2D eigenvalue weighted by molar-refractivity contribution is 7.99. The molecular formula is C84H128O25S3. The Morgan fingerprint density at radius 3 is 0.964 bits per heavy atom.